The molecule has 1 amide bonds. The van der Waals surface area contributed by atoms with Crippen LogP contribution in [0.1, 0.15) is 12.0 Å². The van der Waals surface area contributed by atoms with Crippen LogP contribution in [0.2, 0.25) is 0 Å². The van der Waals surface area contributed by atoms with E-state index in [0.717, 1.165) is 29.5 Å². The second kappa shape index (κ2) is 9.03. The lowest BCUT2D eigenvalue weighted by molar-refractivity contribution is -0.115. The molecule has 2 aromatic carbocycles. The summed E-state index contributed by atoms with van der Waals surface area (Å²) in [5, 5.41) is 5.73. The van der Waals surface area contributed by atoms with Crippen molar-refractivity contribution >= 4 is 38.5 Å². The Hall–Kier alpha value is -2.62. The second-order valence-corrected chi connectivity index (χ2v) is 9.53. The van der Waals surface area contributed by atoms with Gasteiger partial charge >= 0.3 is 0 Å². The predicted octanol–water partition coefficient (Wildman–Crippen LogP) is 2.80. The van der Waals surface area contributed by atoms with Crippen LogP contribution in [0.25, 0.3) is 0 Å². The highest BCUT2D eigenvalue weighted by molar-refractivity contribution is 8.16. The number of benzene rings is 2. The van der Waals surface area contributed by atoms with Gasteiger partial charge in [-0.15, -0.1) is 0 Å². The first-order valence-corrected chi connectivity index (χ1v) is 12.0. The van der Waals surface area contributed by atoms with Gasteiger partial charge < -0.3 is 10.2 Å². The van der Waals surface area contributed by atoms with Gasteiger partial charge in [0.15, 0.2) is 5.17 Å². The number of rotatable bonds is 8. The standard InChI is InChI=1S/C21H22N4O3S2/c26-20(14-18-15-29-21-22-12-13-25(18)21)24-17-6-8-19(9-7-17)30(27,28)23-11-10-16-4-2-1-3-5-16/h1-9,15,23H,10-14H2,(H,24,26). The average molecular weight is 443 g/mol. The lowest BCUT2D eigenvalue weighted by atomic mass is 10.2. The highest BCUT2D eigenvalue weighted by atomic mass is 32.2. The number of hydrogen-bond donors (Lipinski definition) is 2. The molecule has 2 aliphatic rings. The second-order valence-electron chi connectivity index (χ2n) is 6.93. The predicted molar refractivity (Wildman–Crippen MR) is 120 cm³/mol. The maximum absolute atomic E-state index is 12.5. The summed E-state index contributed by atoms with van der Waals surface area (Å²) < 4.78 is 27.5. The summed E-state index contributed by atoms with van der Waals surface area (Å²) >= 11 is 1.54. The summed E-state index contributed by atoms with van der Waals surface area (Å²) in [7, 11) is -3.60. The summed E-state index contributed by atoms with van der Waals surface area (Å²) in [4.78, 5) is 19.0. The highest BCUT2D eigenvalue weighted by Gasteiger charge is 2.27. The molecule has 0 bridgehead atoms. The molecule has 0 spiro atoms. The number of nitrogens with zero attached hydrogens (tertiary/aromatic N) is 2. The highest BCUT2D eigenvalue weighted by Crippen LogP contribution is 2.31. The molecule has 2 aliphatic heterocycles. The number of aliphatic imine (C=N–C) groups is 1. The largest absolute Gasteiger partial charge is 0.326 e. The maximum atomic E-state index is 12.5. The molecule has 0 aliphatic carbocycles. The number of hydrogen-bond acceptors (Lipinski definition) is 6. The Balaban J connectivity index is 1.29. The van der Waals surface area contributed by atoms with Gasteiger partial charge in [-0.3, -0.25) is 9.79 Å². The van der Waals surface area contributed by atoms with Gasteiger partial charge in [-0.25, -0.2) is 13.1 Å². The number of anilines is 1. The molecule has 0 saturated heterocycles. The van der Waals surface area contributed by atoms with Crippen LogP contribution in [-0.2, 0) is 21.2 Å². The molecule has 0 aromatic heterocycles. The minimum Gasteiger partial charge on any atom is -0.326 e. The van der Waals surface area contributed by atoms with Gasteiger partial charge in [0.25, 0.3) is 0 Å². The monoisotopic (exact) mass is 442 g/mol. The van der Waals surface area contributed by atoms with E-state index in [2.05, 4.69) is 19.9 Å². The number of thioether (sulfide) groups is 1. The molecule has 0 atom stereocenters. The first-order valence-electron chi connectivity index (χ1n) is 9.62. The van der Waals surface area contributed by atoms with Gasteiger partial charge in [0.2, 0.25) is 15.9 Å². The van der Waals surface area contributed by atoms with Crippen molar-refractivity contribution in [3.05, 3.63) is 71.3 Å². The van der Waals surface area contributed by atoms with Crippen molar-refractivity contribution in [1.82, 2.24) is 9.62 Å². The van der Waals surface area contributed by atoms with E-state index < -0.39 is 10.0 Å². The Bertz CT molecular complexity index is 1080. The normalized spacial score (nSPS) is 15.5. The summed E-state index contributed by atoms with van der Waals surface area (Å²) in [5.41, 5.74) is 2.57. The Kier molecular flexibility index (Phi) is 6.21. The summed E-state index contributed by atoms with van der Waals surface area (Å²) in [6.45, 7) is 1.89. The van der Waals surface area contributed by atoms with Crippen LogP contribution in [0.5, 0.6) is 0 Å². The molecule has 2 N–H and O–H groups in total. The van der Waals surface area contributed by atoms with Gasteiger partial charge in [0, 0.05) is 24.5 Å². The smallest absolute Gasteiger partial charge is 0.240 e. The quantitative estimate of drug-likeness (QED) is 0.656. The SMILES string of the molecule is O=C(CC1=CSC2=NCCN12)Nc1ccc(S(=O)(=O)NCCc2ccccc2)cc1. The Morgan fingerprint density at radius 1 is 1.10 bits per heavy atom. The fourth-order valence-electron chi connectivity index (χ4n) is 3.26. The average Bonchev–Trinajstić information content (AvgIpc) is 3.34. The molecular formula is C21H22N4O3S2. The van der Waals surface area contributed by atoms with E-state index in [1.54, 1.807) is 12.1 Å². The molecule has 9 heteroatoms. The molecule has 0 saturated carbocycles. The van der Waals surface area contributed by atoms with Crippen LogP contribution >= 0.6 is 11.8 Å². The lowest BCUT2D eigenvalue weighted by Crippen LogP contribution is -2.26. The fraction of sp³-hybridized carbons (Fsp3) is 0.238. The number of sulfonamides is 1. The van der Waals surface area contributed by atoms with Crippen LogP contribution in [0.3, 0.4) is 0 Å². The molecule has 2 aromatic rings. The number of amidine groups is 1. The van der Waals surface area contributed by atoms with Crippen LogP contribution < -0.4 is 10.0 Å². The van der Waals surface area contributed by atoms with E-state index in [9.17, 15) is 13.2 Å². The number of carbonyl (C=O) groups is 1. The van der Waals surface area contributed by atoms with E-state index in [1.165, 1.54) is 23.9 Å². The molecule has 30 heavy (non-hydrogen) atoms. The zero-order valence-electron chi connectivity index (χ0n) is 16.2. The molecule has 4 rings (SSSR count). The Morgan fingerprint density at radius 2 is 1.87 bits per heavy atom. The first-order chi connectivity index (χ1) is 14.5. The number of fused-ring (bicyclic) bond motifs is 1. The van der Waals surface area contributed by atoms with Gasteiger partial charge in [-0.1, -0.05) is 42.1 Å². The van der Waals surface area contributed by atoms with Gasteiger partial charge in [-0.2, -0.15) is 0 Å². The molecule has 2 heterocycles. The van der Waals surface area contributed by atoms with Crippen molar-refractivity contribution in [2.24, 2.45) is 4.99 Å². The molecule has 7 nitrogen and oxygen atoms in total. The van der Waals surface area contributed by atoms with E-state index in [-0.39, 0.29) is 17.2 Å². The number of nitrogens with one attached hydrogen (secondary N) is 2. The maximum Gasteiger partial charge on any atom is 0.240 e. The van der Waals surface area contributed by atoms with Crippen molar-refractivity contribution in [2.45, 2.75) is 17.7 Å². The van der Waals surface area contributed by atoms with Crippen LogP contribution in [0.15, 0.2) is 75.6 Å². The topological polar surface area (TPSA) is 90.9 Å². The third-order valence-electron chi connectivity index (χ3n) is 4.79. The van der Waals surface area contributed by atoms with E-state index in [0.29, 0.717) is 18.7 Å². The van der Waals surface area contributed by atoms with Crippen LogP contribution in [0.4, 0.5) is 5.69 Å². The zero-order chi connectivity index (χ0) is 21.0. The molecule has 0 radical (unpaired) electrons. The molecule has 0 unspecified atom stereocenters. The molecule has 156 valence electrons. The number of carbonyl (C=O) groups excluding carboxylic acids is 1. The minimum absolute atomic E-state index is 0.147. The third kappa shape index (κ3) is 4.92. The Labute approximate surface area is 180 Å². The zero-order valence-corrected chi connectivity index (χ0v) is 17.9. The first kappa shape index (κ1) is 20.6. The summed E-state index contributed by atoms with van der Waals surface area (Å²) in [5.74, 6) is -0.147. The van der Waals surface area contributed by atoms with Gasteiger partial charge in [0.05, 0.1) is 17.9 Å². The van der Waals surface area contributed by atoms with Crippen molar-refractivity contribution in [1.29, 1.82) is 0 Å². The molecule has 0 fully saturated rings. The van der Waals surface area contributed by atoms with E-state index in [4.69, 9.17) is 0 Å². The van der Waals surface area contributed by atoms with Crippen molar-refractivity contribution in [2.75, 3.05) is 25.0 Å². The van der Waals surface area contributed by atoms with Crippen LogP contribution in [0, 0.1) is 0 Å². The van der Waals surface area contributed by atoms with Crippen LogP contribution in [-0.4, -0.2) is 44.0 Å². The summed E-state index contributed by atoms with van der Waals surface area (Å²) in [6, 6.07) is 15.9. The van der Waals surface area contributed by atoms with Crippen molar-refractivity contribution < 1.29 is 13.2 Å². The van der Waals surface area contributed by atoms with Gasteiger partial charge in [0.1, 0.15) is 0 Å². The fourth-order valence-corrected chi connectivity index (χ4v) is 5.25. The number of amides is 1. The third-order valence-corrected chi connectivity index (χ3v) is 7.21. The summed E-state index contributed by atoms with van der Waals surface area (Å²) in [6.07, 6.45) is 0.874. The van der Waals surface area contributed by atoms with E-state index in [1.807, 2.05) is 35.7 Å². The van der Waals surface area contributed by atoms with E-state index >= 15 is 0 Å². The lowest BCUT2D eigenvalue weighted by Gasteiger charge is -2.16. The van der Waals surface area contributed by atoms with Crippen molar-refractivity contribution in [3.8, 4) is 0 Å². The Morgan fingerprint density at radius 3 is 2.63 bits per heavy atom. The molecular weight excluding hydrogens is 420 g/mol. The van der Waals surface area contributed by atoms with Gasteiger partial charge in [-0.05, 0) is 41.7 Å². The van der Waals surface area contributed by atoms with Crippen molar-refractivity contribution in [3.63, 3.8) is 0 Å². The minimum atomic E-state index is -3.60.